The van der Waals surface area contributed by atoms with Gasteiger partial charge in [0.25, 0.3) is 0 Å². The minimum atomic E-state index is -0.971. The number of rotatable bonds is 6. The fraction of sp³-hybridized carbons (Fsp3) is 0.467. The Morgan fingerprint density at radius 2 is 1.95 bits per heavy atom. The molecular weight excluding hydrogens is 256 g/mol. The highest BCUT2D eigenvalue weighted by atomic mass is 16.4. The number of carbonyl (C=O) groups is 2. The summed E-state index contributed by atoms with van der Waals surface area (Å²) in [5.41, 5.74) is 2.28. The highest BCUT2D eigenvalue weighted by Gasteiger charge is 2.33. The van der Waals surface area contributed by atoms with Crippen molar-refractivity contribution in [2.24, 2.45) is 0 Å². The highest BCUT2D eigenvalue weighted by Crippen LogP contribution is 2.26. The maximum absolute atomic E-state index is 12.1. The third-order valence-electron chi connectivity index (χ3n) is 3.48. The highest BCUT2D eigenvalue weighted by molar-refractivity contribution is 5.80. The van der Waals surface area contributed by atoms with Gasteiger partial charge in [0.05, 0.1) is 0 Å². The number of hydrogen-bond donors (Lipinski definition) is 2. The van der Waals surface area contributed by atoms with Crippen LogP contribution in [0.4, 0.5) is 4.79 Å². The van der Waals surface area contributed by atoms with Crippen molar-refractivity contribution in [3.63, 3.8) is 0 Å². The van der Waals surface area contributed by atoms with Crippen LogP contribution in [0.3, 0.4) is 0 Å². The molecule has 20 heavy (non-hydrogen) atoms. The molecule has 2 N–H and O–H groups in total. The number of carboxylic acid groups (broad SMARTS) is 1. The Bertz CT molecular complexity index is 498. The van der Waals surface area contributed by atoms with Crippen molar-refractivity contribution in [1.29, 1.82) is 0 Å². The topological polar surface area (TPSA) is 69.6 Å². The summed E-state index contributed by atoms with van der Waals surface area (Å²) in [5, 5.41) is 11.7. The predicted octanol–water partition coefficient (Wildman–Crippen LogP) is 2.01. The number of urea groups is 1. The minimum Gasteiger partial charge on any atom is -0.480 e. The van der Waals surface area contributed by atoms with E-state index in [0.29, 0.717) is 6.54 Å². The van der Waals surface area contributed by atoms with Crippen molar-refractivity contribution in [3.8, 4) is 0 Å². The Morgan fingerprint density at radius 3 is 2.50 bits per heavy atom. The van der Waals surface area contributed by atoms with Crippen molar-refractivity contribution < 1.29 is 14.7 Å². The van der Waals surface area contributed by atoms with Crippen LogP contribution < -0.4 is 5.32 Å². The maximum Gasteiger partial charge on any atom is 0.323 e. The largest absolute Gasteiger partial charge is 0.480 e. The Balaban J connectivity index is 1.94. The van der Waals surface area contributed by atoms with Crippen molar-refractivity contribution >= 4 is 12.0 Å². The van der Waals surface area contributed by atoms with Crippen LogP contribution in [0.2, 0.25) is 0 Å². The second-order valence-electron chi connectivity index (χ2n) is 5.03. The van der Waals surface area contributed by atoms with Gasteiger partial charge in [0, 0.05) is 12.6 Å². The average molecular weight is 276 g/mol. The number of benzene rings is 1. The quantitative estimate of drug-likeness (QED) is 0.835. The second kappa shape index (κ2) is 6.41. The predicted molar refractivity (Wildman–Crippen MR) is 75.4 cm³/mol. The number of hydrogen-bond acceptors (Lipinski definition) is 2. The molecule has 0 radical (unpaired) electrons. The van der Waals surface area contributed by atoms with Crippen LogP contribution in [-0.2, 0) is 17.8 Å². The first-order chi connectivity index (χ1) is 9.61. The lowest BCUT2D eigenvalue weighted by atomic mass is 10.1. The van der Waals surface area contributed by atoms with Crippen molar-refractivity contribution in [1.82, 2.24) is 10.2 Å². The molecule has 1 aromatic rings. The molecule has 0 spiro atoms. The summed E-state index contributed by atoms with van der Waals surface area (Å²) in [4.78, 5) is 24.3. The van der Waals surface area contributed by atoms with E-state index in [9.17, 15) is 9.59 Å². The number of amides is 2. The molecule has 1 aliphatic rings. The van der Waals surface area contributed by atoms with E-state index < -0.39 is 5.97 Å². The van der Waals surface area contributed by atoms with E-state index in [-0.39, 0.29) is 18.6 Å². The lowest BCUT2D eigenvalue weighted by molar-refractivity contribution is -0.137. The molecule has 5 heteroatoms. The van der Waals surface area contributed by atoms with Gasteiger partial charge in [-0.2, -0.15) is 0 Å². The zero-order chi connectivity index (χ0) is 14.5. The Labute approximate surface area is 118 Å². The number of aliphatic carboxylic acids is 1. The van der Waals surface area contributed by atoms with E-state index in [1.807, 2.05) is 24.3 Å². The number of nitrogens with zero attached hydrogens (tertiary/aromatic N) is 1. The molecule has 0 unspecified atom stereocenters. The van der Waals surface area contributed by atoms with Gasteiger partial charge in [-0.15, -0.1) is 0 Å². The van der Waals surface area contributed by atoms with E-state index >= 15 is 0 Å². The molecule has 1 fully saturated rings. The average Bonchev–Trinajstić information content (AvgIpc) is 3.26. The van der Waals surface area contributed by atoms with Crippen LogP contribution in [-0.4, -0.2) is 34.6 Å². The molecule has 2 amide bonds. The third-order valence-corrected chi connectivity index (χ3v) is 3.48. The van der Waals surface area contributed by atoms with Gasteiger partial charge in [-0.05, 0) is 30.4 Å². The van der Waals surface area contributed by atoms with Gasteiger partial charge >= 0.3 is 12.0 Å². The summed E-state index contributed by atoms with van der Waals surface area (Å²) in [7, 11) is 0. The van der Waals surface area contributed by atoms with E-state index in [1.54, 1.807) is 0 Å². The SMILES string of the molecule is CCc1ccccc1CNC(=O)N(CC(=O)O)C1CC1. The molecule has 2 rings (SSSR count). The Morgan fingerprint density at radius 1 is 1.30 bits per heavy atom. The molecule has 108 valence electrons. The summed E-state index contributed by atoms with van der Waals surface area (Å²) in [6, 6.07) is 7.74. The van der Waals surface area contributed by atoms with Gasteiger partial charge < -0.3 is 15.3 Å². The number of carbonyl (C=O) groups excluding carboxylic acids is 1. The fourth-order valence-electron chi connectivity index (χ4n) is 2.25. The first kappa shape index (κ1) is 14.4. The van der Waals surface area contributed by atoms with Gasteiger partial charge in [0.2, 0.25) is 0 Å². The zero-order valence-electron chi connectivity index (χ0n) is 11.6. The monoisotopic (exact) mass is 276 g/mol. The fourth-order valence-corrected chi connectivity index (χ4v) is 2.25. The van der Waals surface area contributed by atoms with Crippen LogP contribution in [0.25, 0.3) is 0 Å². The normalized spacial score (nSPS) is 13.8. The molecular formula is C15H20N2O3. The molecule has 0 heterocycles. The van der Waals surface area contributed by atoms with Crippen LogP contribution in [0.15, 0.2) is 24.3 Å². The van der Waals surface area contributed by atoms with Gasteiger partial charge in [0.1, 0.15) is 6.54 Å². The summed E-state index contributed by atoms with van der Waals surface area (Å²) >= 11 is 0. The summed E-state index contributed by atoms with van der Waals surface area (Å²) in [6.07, 6.45) is 2.70. The lowest BCUT2D eigenvalue weighted by Gasteiger charge is -2.21. The molecule has 1 aromatic carbocycles. The molecule has 0 bridgehead atoms. The van der Waals surface area contributed by atoms with Crippen molar-refractivity contribution in [3.05, 3.63) is 35.4 Å². The number of aryl methyl sites for hydroxylation is 1. The van der Waals surface area contributed by atoms with Gasteiger partial charge in [-0.1, -0.05) is 31.2 Å². The zero-order valence-corrected chi connectivity index (χ0v) is 11.6. The van der Waals surface area contributed by atoms with Crippen LogP contribution >= 0.6 is 0 Å². The molecule has 0 aliphatic heterocycles. The minimum absolute atomic E-state index is 0.0903. The summed E-state index contributed by atoms with van der Waals surface area (Å²) in [6.45, 7) is 2.28. The van der Waals surface area contributed by atoms with Crippen molar-refractivity contribution in [2.45, 2.75) is 38.8 Å². The van der Waals surface area contributed by atoms with Crippen LogP contribution in [0, 0.1) is 0 Å². The van der Waals surface area contributed by atoms with E-state index in [1.165, 1.54) is 10.5 Å². The first-order valence-electron chi connectivity index (χ1n) is 6.95. The van der Waals surface area contributed by atoms with E-state index in [2.05, 4.69) is 12.2 Å². The van der Waals surface area contributed by atoms with Crippen LogP contribution in [0.1, 0.15) is 30.9 Å². The number of nitrogens with one attached hydrogen (secondary N) is 1. The Kier molecular flexibility index (Phi) is 4.61. The molecule has 0 aromatic heterocycles. The van der Waals surface area contributed by atoms with E-state index in [4.69, 9.17) is 5.11 Å². The van der Waals surface area contributed by atoms with E-state index in [0.717, 1.165) is 24.8 Å². The van der Waals surface area contributed by atoms with Crippen LogP contribution in [0.5, 0.6) is 0 Å². The smallest absolute Gasteiger partial charge is 0.323 e. The van der Waals surface area contributed by atoms with Gasteiger partial charge in [0.15, 0.2) is 0 Å². The summed E-state index contributed by atoms with van der Waals surface area (Å²) < 4.78 is 0. The summed E-state index contributed by atoms with van der Waals surface area (Å²) in [5.74, 6) is -0.971. The molecule has 0 saturated heterocycles. The second-order valence-corrected chi connectivity index (χ2v) is 5.03. The maximum atomic E-state index is 12.1. The first-order valence-corrected chi connectivity index (χ1v) is 6.95. The third kappa shape index (κ3) is 3.73. The molecule has 5 nitrogen and oxygen atoms in total. The molecule has 1 aliphatic carbocycles. The van der Waals surface area contributed by atoms with Gasteiger partial charge in [-0.3, -0.25) is 4.79 Å². The Hall–Kier alpha value is -2.04. The van der Waals surface area contributed by atoms with Crippen molar-refractivity contribution in [2.75, 3.05) is 6.54 Å². The molecule has 1 saturated carbocycles. The van der Waals surface area contributed by atoms with Gasteiger partial charge in [-0.25, -0.2) is 4.79 Å². The standard InChI is InChI=1S/C15H20N2O3/c1-2-11-5-3-4-6-12(11)9-16-15(20)17(10-14(18)19)13-7-8-13/h3-6,13H,2,7-10H2,1H3,(H,16,20)(H,18,19). The lowest BCUT2D eigenvalue weighted by Crippen LogP contribution is -2.43. The number of carboxylic acids is 1. The molecule has 0 atom stereocenters.